The van der Waals surface area contributed by atoms with E-state index in [4.69, 9.17) is 14.2 Å². The van der Waals surface area contributed by atoms with Crippen molar-refractivity contribution in [3.63, 3.8) is 0 Å². The van der Waals surface area contributed by atoms with Gasteiger partial charge in [-0.3, -0.25) is 9.59 Å². The molecule has 0 bridgehead atoms. The molecule has 3 rings (SSSR count). The predicted octanol–water partition coefficient (Wildman–Crippen LogP) is 2.04. The van der Waals surface area contributed by atoms with E-state index in [9.17, 15) is 9.59 Å². The van der Waals surface area contributed by atoms with Crippen LogP contribution in [0.3, 0.4) is 0 Å². The molecule has 0 saturated carbocycles. The van der Waals surface area contributed by atoms with Gasteiger partial charge in [0.05, 0.1) is 6.61 Å². The largest absolute Gasteiger partial charge is 0.484 e. The highest BCUT2D eigenvalue weighted by Crippen LogP contribution is 2.18. The minimum absolute atomic E-state index is 0.00746. The summed E-state index contributed by atoms with van der Waals surface area (Å²) in [6.45, 7) is 2.49. The van der Waals surface area contributed by atoms with Crippen LogP contribution in [0.5, 0.6) is 11.6 Å². The van der Waals surface area contributed by atoms with Crippen molar-refractivity contribution in [1.82, 2.24) is 15.2 Å². The summed E-state index contributed by atoms with van der Waals surface area (Å²) in [6.07, 6.45) is 2.98. The van der Waals surface area contributed by atoms with Crippen LogP contribution in [0.4, 0.5) is 0 Å². The first-order valence-electron chi connectivity index (χ1n) is 10.5. The lowest BCUT2D eigenvalue weighted by atomic mass is 9.96. The molecule has 1 aliphatic rings. The van der Waals surface area contributed by atoms with E-state index in [0.29, 0.717) is 57.3 Å². The number of piperidine rings is 1. The van der Waals surface area contributed by atoms with Crippen molar-refractivity contribution in [1.29, 1.82) is 0 Å². The summed E-state index contributed by atoms with van der Waals surface area (Å²) in [5.41, 5.74) is 0.901. The summed E-state index contributed by atoms with van der Waals surface area (Å²) in [5, 5.41) is 2.96. The number of amides is 2. The van der Waals surface area contributed by atoms with Crippen molar-refractivity contribution in [3.05, 3.63) is 54.2 Å². The molecule has 1 N–H and O–H groups in total. The molecule has 8 heteroatoms. The molecule has 0 aliphatic carbocycles. The first-order chi connectivity index (χ1) is 15.2. The van der Waals surface area contributed by atoms with E-state index < -0.39 is 0 Å². The molecule has 2 aromatic rings. The Balaban J connectivity index is 1.35. The number of benzene rings is 1. The molecular formula is C23H29N3O5. The topological polar surface area (TPSA) is 90.0 Å². The normalized spacial score (nSPS) is 14.2. The second kappa shape index (κ2) is 11.9. The first kappa shape index (κ1) is 22.6. The van der Waals surface area contributed by atoms with E-state index in [0.717, 1.165) is 5.56 Å². The van der Waals surface area contributed by atoms with Crippen LogP contribution in [-0.4, -0.2) is 61.7 Å². The SMILES string of the molecule is COCCOc1ccc(CNC(=O)C2CCN(C(=O)COc3ccccc3)CC2)cn1. The molecule has 31 heavy (non-hydrogen) atoms. The monoisotopic (exact) mass is 427 g/mol. The van der Waals surface area contributed by atoms with Gasteiger partial charge in [-0.25, -0.2) is 4.98 Å². The third-order valence-electron chi connectivity index (χ3n) is 5.13. The number of aromatic nitrogens is 1. The Morgan fingerprint density at radius 1 is 1.06 bits per heavy atom. The lowest BCUT2D eigenvalue weighted by Crippen LogP contribution is -2.44. The zero-order valence-electron chi connectivity index (χ0n) is 17.8. The Morgan fingerprint density at radius 3 is 2.52 bits per heavy atom. The van der Waals surface area contributed by atoms with Gasteiger partial charge in [0, 0.05) is 44.9 Å². The maximum atomic E-state index is 12.5. The smallest absolute Gasteiger partial charge is 0.260 e. The number of hydrogen-bond donors (Lipinski definition) is 1. The molecule has 1 aromatic heterocycles. The molecule has 0 unspecified atom stereocenters. The molecule has 2 amide bonds. The Morgan fingerprint density at radius 2 is 1.84 bits per heavy atom. The van der Waals surface area contributed by atoms with Crippen molar-refractivity contribution >= 4 is 11.8 Å². The zero-order valence-corrected chi connectivity index (χ0v) is 17.8. The van der Waals surface area contributed by atoms with E-state index in [1.165, 1.54) is 0 Å². The highest BCUT2D eigenvalue weighted by atomic mass is 16.5. The van der Waals surface area contributed by atoms with Gasteiger partial charge in [-0.1, -0.05) is 24.3 Å². The van der Waals surface area contributed by atoms with Crippen LogP contribution in [0.15, 0.2) is 48.7 Å². The van der Waals surface area contributed by atoms with Gasteiger partial charge in [0.25, 0.3) is 5.91 Å². The highest BCUT2D eigenvalue weighted by Gasteiger charge is 2.27. The highest BCUT2D eigenvalue weighted by molar-refractivity contribution is 5.80. The number of ether oxygens (including phenoxy) is 3. The third-order valence-corrected chi connectivity index (χ3v) is 5.13. The van der Waals surface area contributed by atoms with Gasteiger partial charge in [-0.2, -0.15) is 0 Å². The molecule has 8 nitrogen and oxygen atoms in total. The van der Waals surface area contributed by atoms with Crippen molar-refractivity contribution in [2.75, 3.05) is 40.0 Å². The van der Waals surface area contributed by atoms with E-state index in [1.807, 2.05) is 36.4 Å². The molecule has 1 aromatic carbocycles. The van der Waals surface area contributed by atoms with Crippen LogP contribution < -0.4 is 14.8 Å². The maximum absolute atomic E-state index is 12.5. The maximum Gasteiger partial charge on any atom is 0.260 e. The van der Waals surface area contributed by atoms with Crippen molar-refractivity contribution in [3.8, 4) is 11.6 Å². The number of pyridine rings is 1. The Kier molecular flexibility index (Phi) is 8.66. The minimum Gasteiger partial charge on any atom is -0.484 e. The van der Waals surface area contributed by atoms with Gasteiger partial charge in [0.1, 0.15) is 12.4 Å². The van der Waals surface area contributed by atoms with Crippen molar-refractivity contribution in [2.24, 2.45) is 5.92 Å². The Labute approximate surface area is 182 Å². The number of hydrogen-bond acceptors (Lipinski definition) is 6. The standard InChI is InChI=1S/C23H29N3O5/c1-29-13-14-30-21-8-7-18(15-24-21)16-25-23(28)19-9-11-26(12-10-19)22(27)17-31-20-5-3-2-4-6-20/h2-8,15,19H,9-14,16-17H2,1H3,(H,25,28). The average Bonchev–Trinajstić information content (AvgIpc) is 2.83. The summed E-state index contributed by atoms with van der Waals surface area (Å²) in [7, 11) is 1.62. The van der Waals surface area contributed by atoms with Crippen LogP contribution in [0, 0.1) is 5.92 Å². The molecule has 2 heterocycles. The third kappa shape index (κ3) is 7.25. The minimum atomic E-state index is -0.0938. The second-order valence-electron chi connectivity index (χ2n) is 7.32. The quantitative estimate of drug-likeness (QED) is 0.584. The van der Waals surface area contributed by atoms with Gasteiger partial charge in [-0.05, 0) is 30.5 Å². The predicted molar refractivity (Wildman–Crippen MR) is 115 cm³/mol. The summed E-state index contributed by atoms with van der Waals surface area (Å²) in [5.74, 6) is 1.06. The van der Waals surface area contributed by atoms with Gasteiger partial charge >= 0.3 is 0 Å². The summed E-state index contributed by atoms with van der Waals surface area (Å²) in [4.78, 5) is 30.8. The van der Waals surface area contributed by atoms with Gasteiger partial charge in [0.2, 0.25) is 11.8 Å². The van der Waals surface area contributed by atoms with Crippen LogP contribution in [0.1, 0.15) is 18.4 Å². The first-order valence-corrected chi connectivity index (χ1v) is 10.5. The van der Waals surface area contributed by atoms with E-state index in [2.05, 4.69) is 10.3 Å². The van der Waals surface area contributed by atoms with Crippen LogP contribution in [0.2, 0.25) is 0 Å². The van der Waals surface area contributed by atoms with E-state index in [-0.39, 0.29) is 24.3 Å². The lowest BCUT2D eigenvalue weighted by Gasteiger charge is -2.31. The van der Waals surface area contributed by atoms with Gasteiger partial charge in [0.15, 0.2) is 6.61 Å². The van der Waals surface area contributed by atoms with Crippen LogP contribution >= 0.6 is 0 Å². The zero-order chi connectivity index (χ0) is 21.9. The van der Waals surface area contributed by atoms with Crippen LogP contribution in [0.25, 0.3) is 0 Å². The lowest BCUT2D eigenvalue weighted by molar-refractivity contribution is -0.137. The Hall–Kier alpha value is -3.13. The Bertz CT molecular complexity index is 821. The number of carbonyl (C=O) groups excluding carboxylic acids is 2. The fourth-order valence-electron chi connectivity index (χ4n) is 3.31. The van der Waals surface area contributed by atoms with E-state index >= 15 is 0 Å². The van der Waals surface area contributed by atoms with Gasteiger partial charge < -0.3 is 24.4 Å². The molecule has 166 valence electrons. The van der Waals surface area contributed by atoms with Crippen molar-refractivity contribution in [2.45, 2.75) is 19.4 Å². The number of nitrogens with one attached hydrogen (secondary N) is 1. The van der Waals surface area contributed by atoms with Crippen LogP contribution in [-0.2, 0) is 20.9 Å². The number of likely N-dealkylation sites (tertiary alicyclic amines) is 1. The number of rotatable bonds is 10. The van der Waals surface area contributed by atoms with E-state index in [1.54, 1.807) is 24.3 Å². The second-order valence-corrected chi connectivity index (χ2v) is 7.32. The molecule has 1 saturated heterocycles. The molecule has 0 atom stereocenters. The number of nitrogens with zero attached hydrogens (tertiary/aromatic N) is 2. The molecule has 0 radical (unpaired) electrons. The fraction of sp³-hybridized carbons (Fsp3) is 0.435. The average molecular weight is 428 g/mol. The number of carbonyl (C=O) groups is 2. The number of para-hydroxylation sites is 1. The summed E-state index contributed by atoms with van der Waals surface area (Å²) < 4.78 is 15.9. The molecule has 1 aliphatic heterocycles. The molecule has 0 spiro atoms. The fourth-order valence-corrected chi connectivity index (χ4v) is 3.31. The molecular weight excluding hydrogens is 398 g/mol. The van der Waals surface area contributed by atoms with Crippen molar-refractivity contribution < 1.29 is 23.8 Å². The summed E-state index contributed by atoms with van der Waals surface area (Å²) >= 11 is 0. The van der Waals surface area contributed by atoms with Gasteiger partial charge in [-0.15, -0.1) is 0 Å². The summed E-state index contributed by atoms with van der Waals surface area (Å²) in [6, 6.07) is 12.9. The molecule has 1 fully saturated rings. The number of methoxy groups -OCH3 is 1.